The summed E-state index contributed by atoms with van der Waals surface area (Å²) in [6.07, 6.45) is 3.19. The van der Waals surface area contributed by atoms with Crippen LogP contribution in [-0.2, 0) is 10.0 Å². The van der Waals surface area contributed by atoms with Gasteiger partial charge < -0.3 is 4.90 Å². The molecule has 2 rings (SSSR count). The molecule has 22 heavy (non-hydrogen) atoms. The summed E-state index contributed by atoms with van der Waals surface area (Å²) in [7, 11) is -3.35. The van der Waals surface area contributed by atoms with Crippen molar-refractivity contribution in [2.75, 3.05) is 11.0 Å². The fourth-order valence-corrected chi connectivity index (χ4v) is 2.99. The van der Waals surface area contributed by atoms with Gasteiger partial charge in [0.2, 0.25) is 10.0 Å². The van der Waals surface area contributed by atoms with Crippen molar-refractivity contribution in [3.63, 3.8) is 0 Å². The summed E-state index contributed by atoms with van der Waals surface area (Å²) >= 11 is 0. The Balaban J connectivity index is 2.25. The van der Waals surface area contributed by atoms with Crippen LogP contribution in [0, 0.1) is 5.92 Å². The highest BCUT2D eigenvalue weighted by molar-refractivity contribution is 7.92. The number of anilines is 1. The van der Waals surface area contributed by atoms with Crippen molar-refractivity contribution in [2.45, 2.75) is 45.7 Å². The van der Waals surface area contributed by atoms with Gasteiger partial charge in [-0.2, -0.15) is 0 Å². The molecule has 1 aliphatic rings. The predicted molar refractivity (Wildman–Crippen MR) is 88.4 cm³/mol. The SMILES string of the molecule is CC(C)C(C)N(C(=O)c1cccc(NS(C)(=O)=O)c1)C1CC1. The van der Waals surface area contributed by atoms with E-state index in [1.807, 2.05) is 4.90 Å². The molecular weight excluding hydrogens is 300 g/mol. The van der Waals surface area contributed by atoms with Gasteiger partial charge in [0.05, 0.1) is 6.26 Å². The zero-order chi connectivity index (χ0) is 16.5. The summed E-state index contributed by atoms with van der Waals surface area (Å²) in [6.45, 7) is 6.28. The number of amides is 1. The molecule has 6 heteroatoms. The number of carbonyl (C=O) groups excluding carboxylic acids is 1. The second kappa shape index (κ2) is 6.28. The average Bonchev–Trinajstić information content (AvgIpc) is 3.21. The molecule has 0 saturated heterocycles. The molecule has 1 unspecified atom stereocenters. The van der Waals surface area contributed by atoms with E-state index in [9.17, 15) is 13.2 Å². The van der Waals surface area contributed by atoms with Crippen molar-refractivity contribution in [1.82, 2.24) is 4.90 Å². The van der Waals surface area contributed by atoms with Gasteiger partial charge in [-0.1, -0.05) is 19.9 Å². The van der Waals surface area contributed by atoms with Crippen LogP contribution in [0.4, 0.5) is 5.69 Å². The zero-order valence-electron chi connectivity index (χ0n) is 13.5. The second-order valence-corrected chi connectivity index (χ2v) is 8.13. The number of carbonyl (C=O) groups is 1. The van der Waals surface area contributed by atoms with Crippen LogP contribution in [0.25, 0.3) is 0 Å². The van der Waals surface area contributed by atoms with E-state index >= 15 is 0 Å². The fourth-order valence-electron chi connectivity index (χ4n) is 2.44. The minimum absolute atomic E-state index is 0.0270. The van der Waals surface area contributed by atoms with Crippen molar-refractivity contribution in [1.29, 1.82) is 0 Å². The summed E-state index contributed by atoms with van der Waals surface area (Å²) in [5.41, 5.74) is 0.939. The quantitative estimate of drug-likeness (QED) is 0.875. The molecular formula is C16H24N2O3S. The topological polar surface area (TPSA) is 66.5 Å². The highest BCUT2D eigenvalue weighted by Crippen LogP contribution is 2.32. The molecule has 0 radical (unpaired) electrons. The van der Waals surface area contributed by atoms with Crippen LogP contribution in [0.15, 0.2) is 24.3 Å². The second-order valence-electron chi connectivity index (χ2n) is 6.38. The number of hydrogen-bond donors (Lipinski definition) is 1. The third kappa shape index (κ3) is 4.22. The molecule has 0 aliphatic heterocycles. The average molecular weight is 324 g/mol. The Morgan fingerprint density at radius 2 is 1.91 bits per heavy atom. The Morgan fingerprint density at radius 3 is 2.41 bits per heavy atom. The highest BCUT2D eigenvalue weighted by atomic mass is 32.2. The van der Waals surface area contributed by atoms with E-state index in [4.69, 9.17) is 0 Å². The van der Waals surface area contributed by atoms with Gasteiger partial charge in [0.1, 0.15) is 0 Å². The molecule has 0 aromatic heterocycles. The molecule has 1 aliphatic carbocycles. The fraction of sp³-hybridized carbons (Fsp3) is 0.562. The Bertz CT molecular complexity index is 651. The Kier molecular flexibility index (Phi) is 4.80. The van der Waals surface area contributed by atoms with Gasteiger partial charge in [0.15, 0.2) is 0 Å². The molecule has 1 aromatic rings. The largest absolute Gasteiger partial charge is 0.333 e. The van der Waals surface area contributed by atoms with Crippen LogP contribution in [-0.4, -0.2) is 37.6 Å². The van der Waals surface area contributed by atoms with E-state index in [-0.39, 0.29) is 11.9 Å². The Hall–Kier alpha value is -1.56. The molecule has 1 fully saturated rings. The lowest BCUT2D eigenvalue weighted by atomic mass is 10.0. The van der Waals surface area contributed by atoms with E-state index in [0.29, 0.717) is 23.2 Å². The lowest BCUT2D eigenvalue weighted by Gasteiger charge is -2.32. The molecule has 1 saturated carbocycles. The van der Waals surface area contributed by atoms with Gasteiger partial charge in [0, 0.05) is 23.3 Å². The summed E-state index contributed by atoms with van der Waals surface area (Å²) in [6, 6.07) is 7.16. The number of nitrogens with zero attached hydrogens (tertiary/aromatic N) is 1. The first kappa shape index (κ1) is 16.8. The molecule has 1 aromatic carbocycles. The van der Waals surface area contributed by atoms with Crippen molar-refractivity contribution in [3.8, 4) is 0 Å². The summed E-state index contributed by atoms with van der Waals surface area (Å²) in [5, 5.41) is 0. The van der Waals surface area contributed by atoms with E-state index < -0.39 is 10.0 Å². The van der Waals surface area contributed by atoms with Gasteiger partial charge in [-0.3, -0.25) is 9.52 Å². The monoisotopic (exact) mass is 324 g/mol. The van der Waals surface area contributed by atoms with Crippen LogP contribution in [0.2, 0.25) is 0 Å². The van der Waals surface area contributed by atoms with Crippen molar-refractivity contribution in [3.05, 3.63) is 29.8 Å². The van der Waals surface area contributed by atoms with E-state index in [1.165, 1.54) is 0 Å². The van der Waals surface area contributed by atoms with Crippen molar-refractivity contribution >= 4 is 21.6 Å². The first-order valence-corrected chi connectivity index (χ1v) is 9.48. The lowest BCUT2D eigenvalue weighted by molar-refractivity contribution is 0.0628. The maximum absolute atomic E-state index is 12.8. The van der Waals surface area contributed by atoms with Gasteiger partial charge >= 0.3 is 0 Å². The molecule has 122 valence electrons. The molecule has 1 N–H and O–H groups in total. The smallest absolute Gasteiger partial charge is 0.254 e. The molecule has 5 nitrogen and oxygen atoms in total. The van der Waals surface area contributed by atoms with E-state index in [1.54, 1.807) is 24.3 Å². The number of benzene rings is 1. The van der Waals surface area contributed by atoms with Crippen molar-refractivity contribution in [2.24, 2.45) is 5.92 Å². The summed E-state index contributed by atoms with van der Waals surface area (Å²) in [5.74, 6) is 0.350. The first-order valence-electron chi connectivity index (χ1n) is 7.59. The normalized spacial score (nSPS) is 16.4. The van der Waals surface area contributed by atoms with E-state index in [0.717, 1.165) is 19.1 Å². The van der Waals surface area contributed by atoms with Gasteiger partial charge in [-0.05, 0) is 43.9 Å². The third-order valence-electron chi connectivity index (χ3n) is 3.99. The molecule has 0 heterocycles. The maximum atomic E-state index is 12.8. The van der Waals surface area contributed by atoms with Crippen LogP contribution < -0.4 is 4.72 Å². The van der Waals surface area contributed by atoms with Gasteiger partial charge in [0.25, 0.3) is 5.91 Å². The number of rotatable bonds is 6. The van der Waals surface area contributed by atoms with Crippen LogP contribution in [0.5, 0.6) is 0 Å². The van der Waals surface area contributed by atoms with Gasteiger partial charge in [-0.25, -0.2) is 8.42 Å². The van der Waals surface area contributed by atoms with Crippen molar-refractivity contribution < 1.29 is 13.2 Å². The standard InChI is InChI=1S/C16H24N2O3S/c1-11(2)12(3)18(15-8-9-15)16(19)13-6-5-7-14(10-13)17-22(4,20)21/h5-7,10-12,15,17H,8-9H2,1-4H3. The number of sulfonamides is 1. The lowest BCUT2D eigenvalue weighted by Crippen LogP contribution is -2.43. The van der Waals surface area contributed by atoms with Crippen LogP contribution in [0.3, 0.4) is 0 Å². The molecule has 1 atom stereocenters. The molecule has 0 bridgehead atoms. The summed E-state index contributed by atoms with van der Waals surface area (Å²) in [4.78, 5) is 14.8. The van der Waals surface area contributed by atoms with Gasteiger partial charge in [-0.15, -0.1) is 0 Å². The minimum Gasteiger partial charge on any atom is -0.333 e. The van der Waals surface area contributed by atoms with Crippen LogP contribution >= 0.6 is 0 Å². The van der Waals surface area contributed by atoms with E-state index in [2.05, 4.69) is 25.5 Å². The Labute approximate surface area is 132 Å². The van der Waals surface area contributed by atoms with Crippen LogP contribution in [0.1, 0.15) is 44.0 Å². The third-order valence-corrected chi connectivity index (χ3v) is 4.60. The zero-order valence-corrected chi connectivity index (χ0v) is 14.4. The first-order chi connectivity index (χ1) is 10.2. The molecule has 1 amide bonds. The molecule has 0 spiro atoms. The predicted octanol–water partition coefficient (Wildman–Crippen LogP) is 2.71. The number of nitrogens with one attached hydrogen (secondary N) is 1. The Morgan fingerprint density at radius 1 is 1.27 bits per heavy atom. The number of hydrogen-bond acceptors (Lipinski definition) is 3. The maximum Gasteiger partial charge on any atom is 0.254 e. The highest BCUT2D eigenvalue weighted by Gasteiger charge is 2.37. The minimum atomic E-state index is -3.35. The summed E-state index contributed by atoms with van der Waals surface area (Å²) < 4.78 is 25.1.